The summed E-state index contributed by atoms with van der Waals surface area (Å²) in [5, 5.41) is 8.26. The van der Waals surface area contributed by atoms with Gasteiger partial charge in [0, 0.05) is 0 Å². The van der Waals surface area contributed by atoms with Crippen molar-refractivity contribution in [2.24, 2.45) is 0 Å². The third-order valence-corrected chi connectivity index (χ3v) is 2.34. The number of hydrogen-bond acceptors (Lipinski definition) is 3. The van der Waals surface area contributed by atoms with Crippen LogP contribution in [0, 0.1) is 10.2 Å². The number of carbonyl (C=O) groups is 1. The summed E-state index contributed by atoms with van der Waals surface area (Å²) in [4.78, 5) is 14.6. The molecule has 0 saturated carbocycles. The van der Waals surface area contributed by atoms with E-state index in [1.807, 2.05) is 35.3 Å². The maximum atomic E-state index is 11.1. The van der Waals surface area contributed by atoms with Gasteiger partial charge in [-0.3, -0.25) is 0 Å². The molecule has 0 fully saturated rings. The van der Waals surface area contributed by atoms with Gasteiger partial charge in [-0.15, -0.1) is 0 Å². The minimum atomic E-state index is -0.407. The van der Waals surface area contributed by atoms with Gasteiger partial charge in [0.15, 0.2) is 0 Å². The van der Waals surface area contributed by atoms with Crippen molar-refractivity contribution in [2.75, 3.05) is 0 Å². The molecule has 0 bridgehead atoms. The van der Waals surface area contributed by atoms with E-state index in [1.54, 1.807) is 4.97 Å². The molecule has 0 aliphatic heterocycles. The molecular weight excluding hydrogens is 257 g/mol. The third kappa shape index (κ3) is 5.02. The fraction of sp³-hybridized carbons (Fsp3) is 0.0909. The number of nitrogens with zero attached hydrogens (tertiary/aromatic N) is 1. The van der Waals surface area contributed by atoms with Crippen molar-refractivity contribution in [1.29, 1.82) is 5.26 Å². The summed E-state index contributed by atoms with van der Waals surface area (Å²) < 4.78 is 4.95. The first kappa shape index (κ1) is 11.5. The Balaban J connectivity index is 2.32. The topological polar surface area (TPSA) is 50.1 Å². The van der Waals surface area contributed by atoms with Crippen LogP contribution in [0.15, 0.2) is 41.4 Å². The molecule has 76 valence electrons. The Labute approximate surface area is 94.5 Å². The van der Waals surface area contributed by atoms with E-state index < -0.39 is 5.97 Å². The van der Waals surface area contributed by atoms with Gasteiger partial charge in [0.1, 0.15) is 0 Å². The number of esters is 1. The SMILES string of the molecule is N#C[Se]/C=C\C(=O)OCc1ccccc1. The van der Waals surface area contributed by atoms with Crippen LogP contribution in [0.4, 0.5) is 0 Å². The van der Waals surface area contributed by atoms with Gasteiger partial charge in [-0.05, 0) is 0 Å². The summed E-state index contributed by atoms with van der Waals surface area (Å²) in [7, 11) is 0. The fourth-order valence-electron chi connectivity index (χ4n) is 0.897. The zero-order chi connectivity index (χ0) is 10.9. The van der Waals surface area contributed by atoms with Gasteiger partial charge in [-0.25, -0.2) is 0 Å². The summed E-state index contributed by atoms with van der Waals surface area (Å²) >= 11 is -0.272. The van der Waals surface area contributed by atoms with Crippen molar-refractivity contribution in [3.05, 3.63) is 46.9 Å². The average molecular weight is 266 g/mol. The third-order valence-electron chi connectivity index (χ3n) is 1.55. The molecule has 0 atom stereocenters. The second-order valence-corrected chi connectivity index (χ2v) is 4.05. The summed E-state index contributed by atoms with van der Waals surface area (Å²) in [5.74, 6) is -0.407. The Morgan fingerprint density at radius 3 is 2.87 bits per heavy atom. The molecule has 0 amide bonds. The summed E-state index contributed by atoms with van der Waals surface area (Å²) in [6.45, 7) is 0.267. The van der Waals surface area contributed by atoms with Crippen LogP contribution < -0.4 is 0 Å². The minimum absolute atomic E-state index is 0.267. The fourth-order valence-corrected chi connectivity index (χ4v) is 1.40. The molecule has 0 unspecified atom stereocenters. The van der Waals surface area contributed by atoms with Crippen LogP contribution in [-0.4, -0.2) is 20.9 Å². The first-order valence-electron chi connectivity index (χ1n) is 4.25. The van der Waals surface area contributed by atoms with Crippen molar-refractivity contribution < 1.29 is 9.53 Å². The van der Waals surface area contributed by atoms with Gasteiger partial charge in [0.25, 0.3) is 0 Å². The van der Waals surface area contributed by atoms with Gasteiger partial charge in [0.2, 0.25) is 0 Å². The van der Waals surface area contributed by atoms with E-state index in [0.717, 1.165) is 5.56 Å². The van der Waals surface area contributed by atoms with Crippen molar-refractivity contribution in [3.8, 4) is 4.97 Å². The number of ether oxygens (including phenoxy) is 1. The van der Waals surface area contributed by atoms with Crippen LogP contribution in [0.5, 0.6) is 0 Å². The van der Waals surface area contributed by atoms with Crippen molar-refractivity contribution in [1.82, 2.24) is 0 Å². The van der Waals surface area contributed by atoms with Crippen molar-refractivity contribution in [2.45, 2.75) is 6.61 Å². The predicted molar refractivity (Wildman–Crippen MR) is 56.7 cm³/mol. The van der Waals surface area contributed by atoms with Gasteiger partial charge in [-0.1, -0.05) is 0 Å². The maximum absolute atomic E-state index is 11.1. The Hall–Kier alpha value is -1.56. The van der Waals surface area contributed by atoms with E-state index in [1.165, 1.54) is 6.08 Å². The van der Waals surface area contributed by atoms with E-state index in [9.17, 15) is 4.79 Å². The molecule has 0 heterocycles. The van der Waals surface area contributed by atoms with Crippen LogP contribution in [0.25, 0.3) is 0 Å². The van der Waals surface area contributed by atoms with Gasteiger partial charge in [-0.2, -0.15) is 0 Å². The Morgan fingerprint density at radius 1 is 1.47 bits per heavy atom. The molecule has 0 aliphatic rings. The summed E-state index contributed by atoms with van der Waals surface area (Å²) in [6.07, 6.45) is 1.30. The average Bonchev–Trinajstić information content (AvgIpc) is 2.28. The quantitative estimate of drug-likeness (QED) is 0.470. The number of rotatable bonds is 4. The Bertz CT molecular complexity index is 381. The van der Waals surface area contributed by atoms with E-state index in [2.05, 4.69) is 0 Å². The number of carbonyl (C=O) groups excluding carboxylic acids is 1. The van der Waals surface area contributed by atoms with E-state index in [4.69, 9.17) is 10.00 Å². The standard InChI is InChI=1S/C11H9NO2Se/c12-9-15-7-6-11(13)14-8-10-4-2-1-3-5-10/h1-7H,8H2/b7-6-. The molecule has 0 aromatic heterocycles. The van der Waals surface area contributed by atoms with Crippen molar-refractivity contribution in [3.63, 3.8) is 0 Å². The molecule has 0 radical (unpaired) electrons. The van der Waals surface area contributed by atoms with Crippen LogP contribution in [0.2, 0.25) is 0 Å². The van der Waals surface area contributed by atoms with Gasteiger partial charge < -0.3 is 0 Å². The normalized spacial score (nSPS) is 9.80. The Kier molecular flexibility index (Phi) is 5.24. The van der Waals surface area contributed by atoms with Gasteiger partial charge >= 0.3 is 94.2 Å². The molecule has 1 aromatic rings. The monoisotopic (exact) mass is 267 g/mol. The van der Waals surface area contributed by atoms with Crippen LogP contribution in [-0.2, 0) is 16.1 Å². The first-order valence-corrected chi connectivity index (χ1v) is 6.09. The molecule has 0 spiro atoms. The summed E-state index contributed by atoms with van der Waals surface area (Å²) in [5.41, 5.74) is 0.949. The molecule has 0 saturated heterocycles. The molecule has 15 heavy (non-hydrogen) atoms. The Morgan fingerprint density at radius 2 is 2.20 bits per heavy atom. The molecule has 0 N–H and O–H groups in total. The van der Waals surface area contributed by atoms with E-state index >= 15 is 0 Å². The van der Waals surface area contributed by atoms with Crippen LogP contribution >= 0.6 is 0 Å². The molecule has 1 rings (SSSR count). The second kappa shape index (κ2) is 6.83. The molecular formula is C11H9NO2Se. The zero-order valence-electron chi connectivity index (χ0n) is 7.92. The second-order valence-electron chi connectivity index (χ2n) is 2.61. The van der Waals surface area contributed by atoms with E-state index in [-0.39, 0.29) is 21.6 Å². The molecule has 1 aromatic carbocycles. The van der Waals surface area contributed by atoms with Crippen LogP contribution in [0.1, 0.15) is 5.56 Å². The number of hydrogen-bond donors (Lipinski definition) is 0. The number of nitriles is 1. The number of benzene rings is 1. The predicted octanol–water partition coefficient (Wildman–Crippen LogP) is 1.43. The molecule has 3 nitrogen and oxygen atoms in total. The molecule has 0 aliphatic carbocycles. The van der Waals surface area contributed by atoms with Crippen LogP contribution in [0.3, 0.4) is 0 Å². The van der Waals surface area contributed by atoms with E-state index in [0.29, 0.717) is 0 Å². The van der Waals surface area contributed by atoms with Gasteiger partial charge in [0.05, 0.1) is 0 Å². The van der Waals surface area contributed by atoms with Crippen molar-refractivity contribution >= 4 is 20.9 Å². The summed E-state index contributed by atoms with van der Waals surface area (Å²) in [6, 6.07) is 9.45. The molecule has 4 heteroatoms. The zero-order valence-corrected chi connectivity index (χ0v) is 9.63. The first-order chi connectivity index (χ1) is 7.33.